The zero-order valence-electron chi connectivity index (χ0n) is 9.80. The van der Waals surface area contributed by atoms with Crippen molar-refractivity contribution in [3.63, 3.8) is 0 Å². The summed E-state index contributed by atoms with van der Waals surface area (Å²) in [7, 11) is 0. The number of Topliss-reactive ketones (excluding diaryl/α,β-unsaturated/α-hetero) is 1. The molecule has 1 atom stereocenters. The predicted molar refractivity (Wildman–Crippen MR) is 62.7 cm³/mol. The van der Waals surface area contributed by atoms with Crippen molar-refractivity contribution in [3.05, 3.63) is 12.2 Å². The van der Waals surface area contributed by atoms with E-state index in [4.69, 9.17) is 0 Å². The fourth-order valence-electron chi connectivity index (χ4n) is 3.53. The van der Waals surface area contributed by atoms with Gasteiger partial charge in [0.05, 0.1) is 0 Å². The van der Waals surface area contributed by atoms with Crippen LogP contribution in [-0.4, -0.2) is 5.78 Å². The highest BCUT2D eigenvalue weighted by molar-refractivity contribution is 5.82. The van der Waals surface area contributed by atoms with Crippen molar-refractivity contribution in [2.24, 2.45) is 11.3 Å². The third kappa shape index (κ3) is 2.02. The van der Waals surface area contributed by atoms with Crippen molar-refractivity contribution in [1.29, 1.82) is 0 Å². The molecular formula is C14H22O. The second-order valence-corrected chi connectivity index (χ2v) is 5.25. The largest absolute Gasteiger partial charge is 0.299 e. The molecule has 2 rings (SSSR count). The van der Waals surface area contributed by atoms with Gasteiger partial charge in [0.2, 0.25) is 0 Å². The Morgan fingerprint density at radius 2 is 1.93 bits per heavy atom. The first kappa shape index (κ1) is 10.9. The Hall–Kier alpha value is -0.590. The number of hydrogen-bond donors (Lipinski definition) is 0. The fraction of sp³-hybridized carbons (Fsp3) is 0.786. The van der Waals surface area contributed by atoms with Gasteiger partial charge in [-0.3, -0.25) is 4.79 Å². The highest BCUT2D eigenvalue weighted by Crippen LogP contribution is 2.47. The molecule has 1 fully saturated rings. The Labute approximate surface area is 92.9 Å². The molecule has 1 saturated carbocycles. The molecule has 1 unspecified atom stereocenters. The van der Waals surface area contributed by atoms with Gasteiger partial charge in [-0.1, -0.05) is 31.4 Å². The summed E-state index contributed by atoms with van der Waals surface area (Å²) in [5, 5.41) is 0. The number of hydrogen-bond acceptors (Lipinski definition) is 1. The average Bonchev–Trinajstić information content (AvgIpc) is 2.31. The van der Waals surface area contributed by atoms with Crippen LogP contribution < -0.4 is 0 Å². The standard InChI is InChI=1S/C14H22O/c1-12(15)14(10-6-3-7-11-14)13-8-4-2-5-9-13/h2,4,13H,3,5-11H2,1H3. The minimum Gasteiger partial charge on any atom is -0.299 e. The summed E-state index contributed by atoms with van der Waals surface area (Å²) < 4.78 is 0. The van der Waals surface area contributed by atoms with Crippen LogP contribution in [-0.2, 0) is 4.79 Å². The molecule has 84 valence electrons. The van der Waals surface area contributed by atoms with Crippen molar-refractivity contribution < 1.29 is 4.79 Å². The lowest BCUT2D eigenvalue weighted by molar-refractivity contribution is -0.132. The maximum Gasteiger partial charge on any atom is 0.136 e. The van der Waals surface area contributed by atoms with Crippen molar-refractivity contribution in [2.75, 3.05) is 0 Å². The molecule has 0 amide bonds. The van der Waals surface area contributed by atoms with E-state index in [1.54, 1.807) is 0 Å². The van der Waals surface area contributed by atoms with E-state index in [0.29, 0.717) is 11.7 Å². The molecule has 0 aliphatic heterocycles. The molecule has 1 heteroatoms. The highest BCUT2D eigenvalue weighted by Gasteiger charge is 2.42. The van der Waals surface area contributed by atoms with Gasteiger partial charge >= 0.3 is 0 Å². The zero-order chi connectivity index (χ0) is 10.7. The van der Waals surface area contributed by atoms with Crippen LogP contribution in [0.4, 0.5) is 0 Å². The average molecular weight is 206 g/mol. The van der Waals surface area contributed by atoms with E-state index in [-0.39, 0.29) is 5.41 Å². The lowest BCUT2D eigenvalue weighted by Gasteiger charge is -2.42. The monoisotopic (exact) mass is 206 g/mol. The molecular weight excluding hydrogens is 184 g/mol. The first-order valence-corrected chi connectivity index (χ1v) is 6.42. The quantitative estimate of drug-likeness (QED) is 0.627. The molecule has 0 aromatic heterocycles. The van der Waals surface area contributed by atoms with E-state index >= 15 is 0 Å². The molecule has 0 bridgehead atoms. The van der Waals surface area contributed by atoms with Gasteiger partial charge in [-0.25, -0.2) is 0 Å². The van der Waals surface area contributed by atoms with Crippen LogP contribution in [0.15, 0.2) is 12.2 Å². The summed E-state index contributed by atoms with van der Waals surface area (Å²) in [6.07, 6.45) is 14.3. The van der Waals surface area contributed by atoms with Crippen LogP contribution in [0, 0.1) is 11.3 Å². The number of allylic oxidation sites excluding steroid dienone is 2. The molecule has 2 aliphatic carbocycles. The summed E-state index contributed by atoms with van der Waals surface area (Å²) in [4.78, 5) is 12.0. The predicted octanol–water partition coefficient (Wildman–Crippen LogP) is 3.88. The number of rotatable bonds is 2. The Morgan fingerprint density at radius 3 is 2.47 bits per heavy atom. The van der Waals surface area contributed by atoms with Crippen LogP contribution in [0.2, 0.25) is 0 Å². The van der Waals surface area contributed by atoms with E-state index < -0.39 is 0 Å². The van der Waals surface area contributed by atoms with Gasteiger partial charge in [0.15, 0.2) is 0 Å². The van der Waals surface area contributed by atoms with Crippen LogP contribution in [0.3, 0.4) is 0 Å². The minimum atomic E-state index is 0.0585. The minimum absolute atomic E-state index is 0.0585. The van der Waals surface area contributed by atoms with Gasteiger partial charge in [0, 0.05) is 5.41 Å². The molecule has 0 spiro atoms. The summed E-state index contributed by atoms with van der Waals surface area (Å²) in [6, 6.07) is 0. The molecule has 0 heterocycles. The summed E-state index contributed by atoms with van der Waals surface area (Å²) in [5.41, 5.74) is 0.0585. The maximum absolute atomic E-state index is 12.0. The summed E-state index contributed by atoms with van der Waals surface area (Å²) in [5.74, 6) is 1.10. The molecule has 15 heavy (non-hydrogen) atoms. The van der Waals surface area contributed by atoms with Crippen molar-refractivity contribution in [1.82, 2.24) is 0 Å². The molecule has 0 aromatic rings. The summed E-state index contributed by atoms with van der Waals surface area (Å²) >= 11 is 0. The molecule has 0 radical (unpaired) electrons. The SMILES string of the molecule is CC(=O)C1(C2CC=CCC2)CCCCC1. The van der Waals surface area contributed by atoms with Crippen LogP contribution in [0.25, 0.3) is 0 Å². The lowest BCUT2D eigenvalue weighted by atomic mass is 9.61. The van der Waals surface area contributed by atoms with E-state index in [1.165, 1.54) is 32.1 Å². The number of carbonyl (C=O) groups is 1. The second-order valence-electron chi connectivity index (χ2n) is 5.25. The van der Waals surface area contributed by atoms with Crippen molar-refractivity contribution in [3.8, 4) is 0 Å². The summed E-state index contributed by atoms with van der Waals surface area (Å²) in [6.45, 7) is 1.82. The topological polar surface area (TPSA) is 17.1 Å². The van der Waals surface area contributed by atoms with Gasteiger partial charge in [-0.05, 0) is 44.9 Å². The zero-order valence-corrected chi connectivity index (χ0v) is 9.80. The smallest absolute Gasteiger partial charge is 0.136 e. The first-order chi connectivity index (χ1) is 7.26. The van der Waals surface area contributed by atoms with Crippen LogP contribution in [0.1, 0.15) is 58.3 Å². The van der Waals surface area contributed by atoms with Gasteiger partial charge in [0.1, 0.15) is 5.78 Å². The second kappa shape index (κ2) is 4.51. The van der Waals surface area contributed by atoms with Gasteiger partial charge in [-0.15, -0.1) is 0 Å². The third-order valence-electron chi connectivity index (χ3n) is 4.50. The number of ketones is 1. The molecule has 1 nitrogen and oxygen atoms in total. The van der Waals surface area contributed by atoms with Gasteiger partial charge in [0.25, 0.3) is 0 Å². The first-order valence-electron chi connectivity index (χ1n) is 6.42. The van der Waals surface area contributed by atoms with E-state index in [9.17, 15) is 4.79 Å². The van der Waals surface area contributed by atoms with Crippen LogP contribution >= 0.6 is 0 Å². The Balaban J connectivity index is 2.17. The van der Waals surface area contributed by atoms with E-state index in [0.717, 1.165) is 19.3 Å². The van der Waals surface area contributed by atoms with Crippen molar-refractivity contribution in [2.45, 2.75) is 58.3 Å². The fourth-order valence-corrected chi connectivity index (χ4v) is 3.53. The van der Waals surface area contributed by atoms with E-state index in [1.807, 2.05) is 6.92 Å². The Kier molecular flexibility index (Phi) is 3.28. The van der Waals surface area contributed by atoms with E-state index in [2.05, 4.69) is 12.2 Å². The van der Waals surface area contributed by atoms with Crippen LogP contribution in [0.5, 0.6) is 0 Å². The molecule has 0 saturated heterocycles. The molecule has 2 aliphatic rings. The van der Waals surface area contributed by atoms with Gasteiger partial charge in [-0.2, -0.15) is 0 Å². The lowest BCUT2D eigenvalue weighted by Crippen LogP contribution is -2.39. The number of carbonyl (C=O) groups excluding carboxylic acids is 1. The Bertz CT molecular complexity index is 259. The molecule has 0 N–H and O–H groups in total. The molecule has 0 aromatic carbocycles. The van der Waals surface area contributed by atoms with Crippen molar-refractivity contribution >= 4 is 5.78 Å². The van der Waals surface area contributed by atoms with Gasteiger partial charge < -0.3 is 0 Å². The highest BCUT2D eigenvalue weighted by atomic mass is 16.1. The Morgan fingerprint density at radius 1 is 1.20 bits per heavy atom. The normalized spacial score (nSPS) is 30.1. The third-order valence-corrected chi connectivity index (χ3v) is 4.50. The maximum atomic E-state index is 12.0.